The van der Waals surface area contributed by atoms with Crippen LogP contribution in [-0.4, -0.2) is 16.2 Å². The maximum absolute atomic E-state index is 11.8. The Morgan fingerprint density at radius 3 is 1.62 bits per heavy atom. The fourth-order valence-corrected chi connectivity index (χ4v) is 4.55. The number of aromatic hydroxyl groups is 1. The van der Waals surface area contributed by atoms with E-state index < -0.39 is 5.97 Å². The molecular weight excluding hydrogens is 324 g/mol. The third kappa shape index (κ3) is 5.75. The Morgan fingerprint density at radius 2 is 1.23 bits per heavy atom. The molecule has 0 aliphatic rings. The van der Waals surface area contributed by atoms with Crippen molar-refractivity contribution < 1.29 is 15.0 Å². The van der Waals surface area contributed by atoms with Gasteiger partial charge in [-0.3, -0.25) is 0 Å². The average Bonchev–Trinajstić information content (AvgIpc) is 2.31. The molecule has 0 aliphatic carbocycles. The van der Waals surface area contributed by atoms with Crippen molar-refractivity contribution in [1.82, 2.24) is 0 Å². The number of carboxylic acids is 1. The highest BCUT2D eigenvalue weighted by molar-refractivity contribution is 5.91. The van der Waals surface area contributed by atoms with Crippen molar-refractivity contribution in [2.24, 2.45) is 10.8 Å². The van der Waals surface area contributed by atoms with E-state index in [1.807, 2.05) is 6.07 Å². The van der Waals surface area contributed by atoms with Crippen LogP contribution in [0.4, 0.5) is 0 Å². The molecule has 0 fully saturated rings. The zero-order valence-electron chi connectivity index (χ0n) is 18.4. The number of phenols is 1. The highest BCUT2D eigenvalue weighted by atomic mass is 16.4. The minimum atomic E-state index is -1.08. The Morgan fingerprint density at radius 1 is 0.808 bits per heavy atom. The third-order valence-electron chi connectivity index (χ3n) is 4.80. The van der Waals surface area contributed by atoms with E-state index in [2.05, 4.69) is 69.2 Å². The van der Waals surface area contributed by atoms with Gasteiger partial charge in [0.25, 0.3) is 0 Å². The van der Waals surface area contributed by atoms with Gasteiger partial charge in [0.2, 0.25) is 0 Å². The zero-order chi connectivity index (χ0) is 20.7. The van der Waals surface area contributed by atoms with Crippen LogP contribution in [0.2, 0.25) is 0 Å². The normalized spacial score (nSPS) is 13.8. The summed E-state index contributed by atoms with van der Waals surface area (Å²) < 4.78 is 0. The van der Waals surface area contributed by atoms with Gasteiger partial charge < -0.3 is 10.2 Å². The largest absolute Gasteiger partial charge is 0.507 e. The predicted molar refractivity (Wildman–Crippen MR) is 109 cm³/mol. The second kappa shape index (κ2) is 6.90. The summed E-state index contributed by atoms with van der Waals surface area (Å²) in [6.07, 6.45) is 1.76. The van der Waals surface area contributed by atoms with E-state index in [0.717, 1.165) is 24.0 Å². The first kappa shape index (κ1) is 22.5. The molecule has 148 valence electrons. The molecule has 1 aromatic carbocycles. The second-order valence-corrected chi connectivity index (χ2v) is 11.5. The molecule has 0 saturated heterocycles. The fourth-order valence-electron chi connectivity index (χ4n) is 4.55. The van der Waals surface area contributed by atoms with Crippen LogP contribution in [0.15, 0.2) is 12.1 Å². The van der Waals surface area contributed by atoms with Crippen molar-refractivity contribution >= 4 is 5.97 Å². The quantitative estimate of drug-likeness (QED) is 0.627. The van der Waals surface area contributed by atoms with Crippen molar-refractivity contribution in [3.05, 3.63) is 28.8 Å². The SMILES string of the molecule is CC(C)(C)CC(C)(C)c1cc(C(=O)O)c(O)c(C(C)(C)CC(C)(C)C)c1. The topological polar surface area (TPSA) is 57.5 Å². The van der Waals surface area contributed by atoms with Crippen molar-refractivity contribution in [2.45, 2.75) is 92.9 Å². The Hall–Kier alpha value is -1.51. The van der Waals surface area contributed by atoms with Crippen molar-refractivity contribution in [1.29, 1.82) is 0 Å². The van der Waals surface area contributed by atoms with Crippen molar-refractivity contribution in [3.63, 3.8) is 0 Å². The molecule has 0 heterocycles. The minimum absolute atomic E-state index is 0.00136. The summed E-state index contributed by atoms with van der Waals surface area (Å²) in [5.41, 5.74) is 1.36. The maximum Gasteiger partial charge on any atom is 0.339 e. The summed E-state index contributed by atoms with van der Waals surface area (Å²) in [6.45, 7) is 21.5. The summed E-state index contributed by atoms with van der Waals surface area (Å²) in [5.74, 6) is -1.18. The van der Waals surface area contributed by atoms with Crippen LogP contribution in [0.5, 0.6) is 5.75 Å². The van der Waals surface area contributed by atoms with E-state index in [4.69, 9.17) is 0 Å². The summed E-state index contributed by atoms with van der Waals surface area (Å²) >= 11 is 0. The average molecular weight is 363 g/mol. The molecule has 1 rings (SSSR count). The summed E-state index contributed by atoms with van der Waals surface area (Å²) in [7, 11) is 0. The third-order valence-corrected chi connectivity index (χ3v) is 4.80. The van der Waals surface area contributed by atoms with Crippen LogP contribution in [0.25, 0.3) is 0 Å². The van der Waals surface area contributed by atoms with Gasteiger partial charge in [-0.05, 0) is 46.1 Å². The van der Waals surface area contributed by atoms with Gasteiger partial charge >= 0.3 is 5.97 Å². The first-order valence-electron chi connectivity index (χ1n) is 9.47. The van der Waals surface area contributed by atoms with Gasteiger partial charge in [-0.25, -0.2) is 4.79 Å². The number of carboxylic acid groups (broad SMARTS) is 1. The zero-order valence-corrected chi connectivity index (χ0v) is 18.4. The van der Waals surface area contributed by atoms with Gasteiger partial charge in [-0.1, -0.05) is 75.3 Å². The second-order valence-electron chi connectivity index (χ2n) is 11.5. The first-order valence-corrected chi connectivity index (χ1v) is 9.47. The minimum Gasteiger partial charge on any atom is -0.507 e. The number of carbonyl (C=O) groups is 1. The number of hydrogen-bond acceptors (Lipinski definition) is 2. The van der Waals surface area contributed by atoms with Crippen LogP contribution in [-0.2, 0) is 10.8 Å². The van der Waals surface area contributed by atoms with Crippen LogP contribution in [0, 0.1) is 10.8 Å². The standard InChI is InChI=1S/C23H38O3/c1-20(2,3)13-22(7,8)15-11-16(19(25)26)18(24)17(12-15)23(9,10)14-21(4,5)6/h11-12,24H,13-14H2,1-10H3,(H,25,26). The molecule has 0 spiro atoms. The molecule has 0 radical (unpaired) electrons. The Kier molecular flexibility index (Phi) is 5.98. The Labute approximate surface area is 159 Å². The number of hydrogen-bond donors (Lipinski definition) is 2. The highest BCUT2D eigenvalue weighted by Crippen LogP contribution is 2.45. The molecular formula is C23H38O3. The van der Waals surface area contributed by atoms with Crippen molar-refractivity contribution in [2.75, 3.05) is 0 Å². The van der Waals surface area contributed by atoms with Crippen LogP contribution < -0.4 is 0 Å². The smallest absolute Gasteiger partial charge is 0.339 e. The van der Waals surface area contributed by atoms with Crippen LogP contribution in [0.1, 0.15) is 104 Å². The molecule has 1 aromatic rings. The number of benzene rings is 1. The lowest BCUT2D eigenvalue weighted by Gasteiger charge is -2.37. The fraction of sp³-hybridized carbons (Fsp3) is 0.696. The summed E-state index contributed by atoms with van der Waals surface area (Å²) in [6, 6.07) is 3.68. The molecule has 0 bridgehead atoms. The van der Waals surface area contributed by atoms with Crippen LogP contribution >= 0.6 is 0 Å². The first-order chi connectivity index (χ1) is 11.4. The maximum atomic E-state index is 11.8. The van der Waals surface area contributed by atoms with Gasteiger partial charge in [-0.2, -0.15) is 0 Å². The lowest BCUT2D eigenvalue weighted by atomic mass is 9.68. The number of rotatable bonds is 5. The van der Waals surface area contributed by atoms with Gasteiger partial charge in [-0.15, -0.1) is 0 Å². The Balaban J connectivity index is 3.63. The molecule has 0 amide bonds. The summed E-state index contributed by atoms with van der Waals surface area (Å²) in [5, 5.41) is 20.4. The van der Waals surface area contributed by atoms with Gasteiger partial charge in [0.15, 0.2) is 0 Å². The number of aromatic carboxylic acids is 1. The van der Waals surface area contributed by atoms with E-state index in [0.29, 0.717) is 0 Å². The van der Waals surface area contributed by atoms with E-state index in [9.17, 15) is 15.0 Å². The lowest BCUT2D eigenvalue weighted by Crippen LogP contribution is -2.28. The molecule has 0 unspecified atom stereocenters. The van der Waals surface area contributed by atoms with E-state index in [1.54, 1.807) is 6.07 Å². The highest BCUT2D eigenvalue weighted by Gasteiger charge is 2.35. The lowest BCUT2D eigenvalue weighted by molar-refractivity contribution is 0.0693. The monoisotopic (exact) mass is 362 g/mol. The predicted octanol–water partition coefficient (Wildman–Crippen LogP) is 6.52. The molecule has 0 saturated carbocycles. The van der Waals surface area contributed by atoms with Crippen molar-refractivity contribution in [3.8, 4) is 5.75 Å². The molecule has 0 atom stereocenters. The van der Waals surface area contributed by atoms with Crippen LogP contribution in [0.3, 0.4) is 0 Å². The summed E-state index contributed by atoms with van der Waals surface area (Å²) in [4.78, 5) is 11.8. The van der Waals surface area contributed by atoms with Gasteiger partial charge in [0, 0.05) is 5.56 Å². The molecule has 0 aliphatic heterocycles. The van der Waals surface area contributed by atoms with E-state index in [-0.39, 0.29) is 33.0 Å². The molecule has 2 N–H and O–H groups in total. The Bertz CT molecular complexity index is 668. The molecule has 26 heavy (non-hydrogen) atoms. The molecule has 3 heteroatoms. The molecule has 3 nitrogen and oxygen atoms in total. The van der Waals surface area contributed by atoms with E-state index >= 15 is 0 Å². The van der Waals surface area contributed by atoms with Gasteiger partial charge in [0.05, 0.1) is 0 Å². The van der Waals surface area contributed by atoms with E-state index in [1.165, 1.54) is 0 Å². The molecule has 0 aromatic heterocycles. The van der Waals surface area contributed by atoms with Gasteiger partial charge in [0.1, 0.15) is 11.3 Å².